The minimum atomic E-state index is 0.351. The Morgan fingerprint density at radius 2 is 1.86 bits per heavy atom. The molecule has 1 saturated heterocycles. The number of hydrogen-bond donors (Lipinski definition) is 0. The summed E-state index contributed by atoms with van der Waals surface area (Å²) in [5.41, 5.74) is 1.27. The second-order valence-corrected chi connectivity index (χ2v) is 6.02. The minimum Gasteiger partial charge on any atom is -0.371 e. The lowest BCUT2D eigenvalue weighted by molar-refractivity contribution is -0.132. The first-order valence-corrected chi connectivity index (χ1v) is 8.28. The molecule has 21 heavy (non-hydrogen) atoms. The van der Waals surface area contributed by atoms with Crippen LogP contribution in [-0.2, 0) is 4.79 Å². The summed E-state index contributed by atoms with van der Waals surface area (Å²) < 4.78 is 0. The number of benzene rings is 1. The zero-order chi connectivity index (χ0) is 15.1. The summed E-state index contributed by atoms with van der Waals surface area (Å²) in [7, 11) is 2.17. The van der Waals surface area contributed by atoms with Gasteiger partial charge in [-0.15, -0.1) is 0 Å². The van der Waals surface area contributed by atoms with E-state index in [-0.39, 0.29) is 0 Å². The molecule has 1 fully saturated rings. The number of carbonyl (C=O) groups is 1. The Kier molecular flexibility index (Phi) is 6.09. The van der Waals surface area contributed by atoms with Crippen LogP contribution in [0.15, 0.2) is 30.3 Å². The van der Waals surface area contributed by atoms with Gasteiger partial charge in [0.1, 0.15) is 0 Å². The lowest BCUT2D eigenvalue weighted by Crippen LogP contribution is -2.45. The Morgan fingerprint density at radius 1 is 1.19 bits per heavy atom. The summed E-state index contributed by atoms with van der Waals surface area (Å²) >= 11 is 0. The molecule has 3 nitrogen and oxygen atoms in total. The third-order valence-electron chi connectivity index (χ3n) is 4.52. The lowest BCUT2D eigenvalue weighted by Gasteiger charge is -2.38. The number of likely N-dealkylation sites (tertiary alicyclic amines) is 1. The number of carbonyl (C=O) groups excluding carboxylic acids is 1. The van der Waals surface area contributed by atoms with Crippen molar-refractivity contribution in [3.05, 3.63) is 30.3 Å². The van der Waals surface area contributed by atoms with Crippen molar-refractivity contribution in [3.8, 4) is 0 Å². The van der Waals surface area contributed by atoms with E-state index < -0.39 is 0 Å². The summed E-state index contributed by atoms with van der Waals surface area (Å²) in [5.74, 6) is 0.351. The maximum Gasteiger partial charge on any atom is 0.222 e. The average molecular weight is 288 g/mol. The van der Waals surface area contributed by atoms with Crippen LogP contribution < -0.4 is 4.90 Å². The van der Waals surface area contributed by atoms with Crippen LogP contribution in [-0.4, -0.2) is 37.0 Å². The average Bonchev–Trinajstić information content (AvgIpc) is 2.55. The summed E-state index contributed by atoms with van der Waals surface area (Å²) in [4.78, 5) is 16.6. The zero-order valence-electron chi connectivity index (χ0n) is 13.4. The second-order valence-electron chi connectivity index (χ2n) is 6.02. The van der Waals surface area contributed by atoms with Crippen molar-refractivity contribution >= 4 is 11.6 Å². The van der Waals surface area contributed by atoms with Crippen LogP contribution in [0.3, 0.4) is 0 Å². The Bertz CT molecular complexity index is 424. The SMILES string of the molecule is CCCCCC(=O)N1CCC(N(C)c2ccccc2)CC1. The third-order valence-corrected chi connectivity index (χ3v) is 4.52. The normalized spacial score (nSPS) is 16.0. The van der Waals surface area contributed by atoms with Gasteiger partial charge in [-0.1, -0.05) is 38.0 Å². The Labute approximate surface area is 128 Å². The molecule has 1 amide bonds. The van der Waals surface area contributed by atoms with Crippen molar-refractivity contribution in [3.63, 3.8) is 0 Å². The summed E-state index contributed by atoms with van der Waals surface area (Å²) in [6, 6.07) is 11.1. The maximum atomic E-state index is 12.1. The van der Waals surface area contributed by atoms with Crippen LogP contribution >= 0.6 is 0 Å². The van der Waals surface area contributed by atoms with Gasteiger partial charge in [-0.05, 0) is 31.4 Å². The van der Waals surface area contributed by atoms with Crippen LogP contribution in [0.4, 0.5) is 5.69 Å². The van der Waals surface area contributed by atoms with Crippen LogP contribution in [0.2, 0.25) is 0 Å². The first kappa shape index (κ1) is 15.9. The number of piperidine rings is 1. The van der Waals surface area contributed by atoms with E-state index in [1.165, 1.54) is 18.5 Å². The molecule has 0 saturated carbocycles. The highest BCUT2D eigenvalue weighted by Crippen LogP contribution is 2.22. The van der Waals surface area contributed by atoms with E-state index in [9.17, 15) is 4.79 Å². The second kappa shape index (κ2) is 8.06. The largest absolute Gasteiger partial charge is 0.371 e. The van der Waals surface area contributed by atoms with Crippen molar-refractivity contribution in [1.82, 2.24) is 4.90 Å². The van der Waals surface area contributed by atoms with E-state index in [0.29, 0.717) is 11.9 Å². The summed E-state index contributed by atoms with van der Waals surface area (Å²) in [6.45, 7) is 4.00. The van der Waals surface area contributed by atoms with Crippen molar-refractivity contribution in [2.75, 3.05) is 25.0 Å². The molecule has 0 atom stereocenters. The number of rotatable bonds is 6. The van der Waals surface area contributed by atoms with E-state index in [1.54, 1.807) is 0 Å². The molecule has 0 radical (unpaired) electrons. The maximum absolute atomic E-state index is 12.1. The first-order valence-electron chi connectivity index (χ1n) is 8.28. The van der Waals surface area contributed by atoms with E-state index in [1.807, 2.05) is 0 Å². The van der Waals surface area contributed by atoms with Crippen molar-refractivity contribution < 1.29 is 4.79 Å². The van der Waals surface area contributed by atoms with Crippen LogP contribution in [0.1, 0.15) is 45.4 Å². The number of anilines is 1. The molecule has 0 unspecified atom stereocenters. The minimum absolute atomic E-state index is 0.351. The van der Waals surface area contributed by atoms with Crippen LogP contribution in [0.25, 0.3) is 0 Å². The molecule has 0 bridgehead atoms. The molecule has 1 aliphatic rings. The molecule has 0 aliphatic carbocycles. The van der Waals surface area contributed by atoms with E-state index in [0.717, 1.165) is 38.8 Å². The molecule has 116 valence electrons. The van der Waals surface area contributed by atoms with Crippen molar-refractivity contribution in [2.45, 2.75) is 51.5 Å². The standard InChI is InChI=1S/C18H28N2O/c1-3-4-6-11-18(21)20-14-12-17(13-15-20)19(2)16-9-7-5-8-10-16/h5,7-10,17H,3-4,6,11-15H2,1-2H3. The molecule has 1 aromatic carbocycles. The van der Waals surface area contributed by atoms with Crippen molar-refractivity contribution in [2.24, 2.45) is 0 Å². The Hall–Kier alpha value is -1.51. The molecule has 3 heteroatoms. The van der Waals surface area contributed by atoms with Gasteiger partial charge in [0.2, 0.25) is 5.91 Å². The Morgan fingerprint density at radius 3 is 2.48 bits per heavy atom. The highest BCUT2D eigenvalue weighted by molar-refractivity contribution is 5.76. The fraction of sp³-hybridized carbons (Fsp3) is 0.611. The van der Waals surface area contributed by atoms with Gasteiger partial charge in [-0.3, -0.25) is 4.79 Å². The topological polar surface area (TPSA) is 23.6 Å². The van der Waals surface area contributed by atoms with Gasteiger partial charge in [-0.25, -0.2) is 0 Å². The smallest absolute Gasteiger partial charge is 0.222 e. The molecule has 1 aromatic rings. The molecule has 0 N–H and O–H groups in total. The highest BCUT2D eigenvalue weighted by Gasteiger charge is 2.24. The summed E-state index contributed by atoms with van der Waals surface area (Å²) in [6.07, 6.45) is 6.26. The number of unbranched alkanes of at least 4 members (excludes halogenated alkanes) is 2. The van der Waals surface area contributed by atoms with Crippen molar-refractivity contribution in [1.29, 1.82) is 0 Å². The third kappa shape index (κ3) is 4.48. The molecule has 0 spiro atoms. The fourth-order valence-corrected chi connectivity index (χ4v) is 3.06. The van der Waals surface area contributed by atoms with Gasteiger partial charge in [0.25, 0.3) is 0 Å². The predicted octanol–water partition coefficient (Wildman–Crippen LogP) is 3.69. The fourth-order valence-electron chi connectivity index (χ4n) is 3.06. The van der Waals surface area contributed by atoms with Gasteiger partial charge >= 0.3 is 0 Å². The lowest BCUT2D eigenvalue weighted by atomic mass is 10.0. The number of hydrogen-bond acceptors (Lipinski definition) is 2. The molecule has 1 heterocycles. The molecule has 1 aliphatic heterocycles. The quantitative estimate of drug-likeness (QED) is 0.745. The zero-order valence-corrected chi connectivity index (χ0v) is 13.4. The molecular formula is C18H28N2O. The van der Waals surface area contributed by atoms with Gasteiger partial charge in [0.05, 0.1) is 0 Å². The molecule has 2 rings (SSSR count). The van der Waals surface area contributed by atoms with Gasteiger partial charge in [-0.2, -0.15) is 0 Å². The Balaban J connectivity index is 1.79. The van der Waals surface area contributed by atoms with E-state index >= 15 is 0 Å². The predicted molar refractivity (Wildman–Crippen MR) is 88.6 cm³/mol. The van der Waals surface area contributed by atoms with E-state index in [4.69, 9.17) is 0 Å². The van der Waals surface area contributed by atoms with Gasteiger partial charge < -0.3 is 9.80 Å². The van der Waals surface area contributed by atoms with Crippen LogP contribution in [0.5, 0.6) is 0 Å². The number of para-hydroxylation sites is 1. The van der Waals surface area contributed by atoms with Gasteiger partial charge in [0, 0.05) is 38.3 Å². The monoisotopic (exact) mass is 288 g/mol. The molecular weight excluding hydrogens is 260 g/mol. The van der Waals surface area contributed by atoms with Gasteiger partial charge in [0.15, 0.2) is 0 Å². The van der Waals surface area contributed by atoms with E-state index in [2.05, 4.69) is 54.1 Å². The highest BCUT2D eigenvalue weighted by atomic mass is 16.2. The first-order chi connectivity index (χ1) is 10.2. The summed E-state index contributed by atoms with van der Waals surface area (Å²) in [5, 5.41) is 0. The molecule has 0 aromatic heterocycles. The number of nitrogens with zero attached hydrogens (tertiary/aromatic N) is 2. The number of amides is 1. The van der Waals surface area contributed by atoms with Crippen LogP contribution in [0, 0.1) is 0 Å².